The first-order chi connectivity index (χ1) is 19.5. The van der Waals surface area contributed by atoms with Crippen molar-refractivity contribution in [2.24, 2.45) is 5.92 Å². The van der Waals surface area contributed by atoms with Crippen molar-refractivity contribution in [1.29, 1.82) is 0 Å². The van der Waals surface area contributed by atoms with Gasteiger partial charge < -0.3 is 34.8 Å². The summed E-state index contributed by atoms with van der Waals surface area (Å²) in [4.78, 5) is 57.3. The quantitative estimate of drug-likeness (QED) is 0.311. The summed E-state index contributed by atoms with van der Waals surface area (Å²) in [5.41, 5.74) is 1.48. The summed E-state index contributed by atoms with van der Waals surface area (Å²) in [6.45, 7) is 3.22. The third kappa shape index (κ3) is 4.87. The fourth-order valence-corrected chi connectivity index (χ4v) is 6.45. The fourth-order valence-electron chi connectivity index (χ4n) is 6.45. The van der Waals surface area contributed by atoms with Crippen LogP contribution < -0.4 is 16.0 Å². The zero-order valence-electron chi connectivity index (χ0n) is 23.6. The van der Waals surface area contributed by atoms with Gasteiger partial charge in [-0.2, -0.15) is 0 Å². The molecule has 218 valence electrons. The summed E-state index contributed by atoms with van der Waals surface area (Å²) in [7, 11) is 1.77. The van der Waals surface area contributed by atoms with Gasteiger partial charge >= 0.3 is 18.6 Å². The lowest BCUT2D eigenvalue weighted by Gasteiger charge is -2.52. The average Bonchev–Trinajstić information content (AvgIpc) is 3.31. The van der Waals surface area contributed by atoms with E-state index >= 15 is 0 Å². The second-order valence-corrected chi connectivity index (χ2v) is 11.7. The molecule has 5 atom stereocenters. The third-order valence-electron chi connectivity index (χ3n) is 8.57. The van der Waals surface area contributed by atoms with E-state index < -0.39 is 60.6 Å². The Morgan fingerprint density at radius 2 is 1.66 bits per heavy atom. The molecule has 3 saturated heterocycles. The Morgan fingerprint density at radius 3 is 2.24 bits per heavy atom. The van der Waals surface area contributed by atoms with E-state index in [1.807, 2.05) is 44.2 Å². The van der Waals surface area contributed by atoms with Crippen molar-refractivity contribution >= 4 is 30.4 Å². The highest BCUT2D eigenvalue weighted by molar-refractivity contribution is 6.68. The molecular weight excluding hydrogens is 529 g/mol. The number of nitrogens with one attached hydrogen (secondary N) is 3. The summed E-state index contributed by atoms with van der Waals surface area (Å²) in [6, 6.07) is 11.6. The number of nitrogens with zero attached hydrogens (tertiary/aromatic N) is 2. The van der Waals surface area contributed by atoms with E-state index in [1.54, 1.807) is 19.2 Å². The summed E-state index contributed by atoms with van der Waals surface area (Å²) < 4.78 is 11.7. The topological polar surface area (TPSA) is 156 Å². The van der Waals surface area contributed by atoms with Crippen molar-refractivity contribution < 1.29 is 38.0 Å². The van der Waals surface area contributed by atoms with Crippen molar-refractivity contribution in [2.75, 3.05) is 20.1 Å². The standard InChI is InChI=1S/C28H36BN5O7/c1-16(2)13-23(29-34(4)21(27(38)40-29)14-30-15-22(34)28(39)41-29)32-26(37)24(17(3)35)33-25(36)20-12-8-11-19(31-20)18-9-6-5-7-10-18/h5-12,16-17,21-24,30,35H,13-15H2,1-4H3,(H,32,37)(H,33,36)/t17-,21-,22-,23+,24+,29?,34?/m1/s1. The van der Waals surface area contributed by atoms with Crippen LogP contribution in [0.15, 0.2) is 48.5 Å². The molecule has 0 radical (unpaired) electrons. The zero-order valence-corrected chi connectivity index (χ0v) is 23.6. The van der Waals surface area contributed by atoms with Crippen molar-refractivity contribution in [3.8, 4) is 11.3 Å². The Bertz CT molecular complexity index is 1330. The first-order valence-corrected chi connectivity index (χ1v) is 14.0. The average molecular weight is 565 g/mol. The van der Waals surface area contributed by atoms with Gasteiger partial charge in [-0.1, -0.05) is 50.2 Å². The third-order valence-corrected chi connectivity index (χ3v) is 8.57. The van der Waals surface area contributed by atoms with Gasteiger partial charge in [-0.05, 0) is 31.4 Å². The van der Waals surface area contributed by atoms with Crippen LogP contribution >= 0.6 is 0 Å². The van der Waals surface area contributed by atoms with Crippen LogP contribution in [0.4, 0.5) is 0 Å². The highest BCUT2D eigenvalue weighted by atomic mass is 16.7. The SMILES string of the molecule is CC(C)C[C@H](NC(=O)[C@@H](NC(=O)c1cccc(-c2ccccc2)n1)[C@@H](C)O)[B-]12OC(=O)[C@H]3CNC[C@H](C(=O)O1)[N+]32C. The Balaban J connectivity index is 1.40. The zero-order chi connectivity index (χ0) is 29.5. The van der Waals surface area contributed by atoms with Crippen molar-refractivity contribution in [3.63, 3.8) is 0 Å². The molecule has 0 unspecified atom stereocenters. The number of amides is 2. The van der Waals surface area contributed by atoms with E-state index in [4.69, 9.17) is 9.31 Å². The minimum absolute atomic E-state index is 0.0195. The van der Waals surface area contributed by atoms with E-state index in [0.29, 0.717) is 25.2 Å². The number of hydrogen-bond acceptors (Lipinski definition) is 9. The summed E-state index contributed by atoms with van der Waals surface area (Å²) in [5.74, 6) is -3.20. The van der Waals surface area contributed by atoms with Crippen molar-refractivity contribution in [3.05, 3.63) is 54.2 Å². The number of piperazine rings is 1. The van der Waals surface area contributed by atoms with Crippen LogP contribution in [-0.4, -0.2) is 95.2 Å². The second-order valence-electron chi connectivity index (χ2n) is 11.7. The molecule has 3 fully saturated rings. The minimum Gasteiger partial charge on any atom is -0.599 e. The molecule has 41 heavy (non-hydrogen) atoms. The van der Waals surface area contributed by atoms with Gasteiger partial charge in [-0.15, -0.1) is 0 Å². The molecule has 1 aromatic carbocycles. The molecule has 3 aliphatic heterocycles. The molecular formula is C28H36BN5O7. The highest BCUT2D eigenvalue weighted by Crippen LogP contribution is 2.45. The molecule has 12 nitrogen and oxygen atoms in total. The number of quaternary nitrogens is 1. The number of aliphatic hydroxyl groups is 1. The first kappa shape index (κ1) is 28.7. The molecule has 4 N–H and O–H groups in total. The number of hydrogen-bond donors (Lipinski definition) is 4. The Kier molecular flexibility index (Phi) is 7.62. The lowest BCUT2D eigenvalue weighted by atomic mass is 9.56. The Hall–Kier alpha value is -3.81. The van der Waals surface area contributed by atoms with Crippen LogP contribution in [0.5, 0.6) is 0 Å². The van der Waals surface area contributed by atoms with Crippen LogP contribution in [0, 0.1) is 5.92 Å². The van der Waals surface area contributed by atoms with Crippen LogP contribution in [0.2, 0.25) is 0 Å². The number of likely N-dealkylation sites (N-methyl/N-ethyl adjacent to an activating group) is 1. The number of carbonyl (C=O) groups excluding carboxylic acids is 4. The molecule has 0 spiro atoms. The van der Waals surface area contributed by atoms with Gasteiger partial charge in [0, 0.05) is 12.6 Å². The smallest absolute Gasteiger partial charge is 0.599 e. The van der Waals surface area contributed by atoms with Crippen LogP contribution in [-0.2, 0) is 23.7 Å². The van der Waals surface area contributed by atoms with Crippen LogP contribution in [0.25, 0.3) is 11.3 Å². The summed E-state index contributed by atoms with van der Waals surface area (Å²) in [6.07, 6.45) is -0.948. The van der Waals surface area contributed by atoms with E-state index in [2.05, 4.69) is 20.9 Å². The van der Waals surface area contributed by atoms with E-state index in [9.17, 15) is 24.3 Å². The Labute approximate surface area is 238 Å². The van der Waals surface area contributed by atoms with Gasteiger partial charge in [-0.3, -0.25) is 9.59 Å². The molecule has 5 rings (SSSR count). The van der Waals surface area contributed by atoms with Gasteiger partial charge in [-0.25, -0.2) is 14.6 Å². The second kappa shape index (κ2) is 10.9. The predicted octanol–water partition coefficient (Wildman–Crippen LogP) is 0.137. The van der Waals surface area contributed by atoms with Gasteiger partial charge in [0.2, 0.25) is 5.91 Å². The van der Waals surface area contributed by atoms with Crippen LogP contribution in [0.1, 0.15) is 37.7 Å². The van der Waals surface area contributed by atoms with E-state index in [-0.39, 0.29) is 16.0 Å². The molecule has 13 heteroatoms. The molecule has 3 aliphatic rings. The largest absolute Gasteiger partial charge is 0.606 e. The molecule has 0 saturated carbocycles. The van der Waals surface area contributed by atoms with E-state index in [0.717, 1.165) is 5.56 Å². The molecule has 4 heterocycles. The van der Waals surface area contributed by atoms with Crippen LogP contribution in [0.3, 0.4) is 0 Å². The monoisotopic (exact) mass is 565 g/mol. The summed E-state index contributed by atoms with van der Waals surface area (Å²) in [5, 5.41) is 19.1. The maximum Gasteiger partial charge on any atom is 0.606 e. The van der Waals surface area contributed by atoms with Crippen molar-refractivity contribution in [2.45, 2.75) is 57.4 Å². The molecule has 1 aromatic heterocycles. The predicted molar refractivity (Wildman–Crippen MR) is 149 cm³/mol. The maximum absolute atomic E-state index is 13.7. The van der Waals surface area contributed by atoms with Gasteiger partial charge in [0.15, 0.2) is 12.1 Å². The summed E-state index contributed by atoms with van der Waals surface area (Å²) >= 11 is 0. The number of pyridine rings is 1. The number of benzene rings is 1. The maximum atomic E-state index is 13.7. The molecule has 0 aliphatic carbocycles. The van der Waals surface area contributed by atoms with Crippen molar-refractivity contribution in [1.82, 2.24) is 20.9 Å². The number of aromatic nitrogens is 1. The van der Waals surface area contributed by atoms with Gasteiger partial charge in [0.1, 0.15) is 11.7 Å². The molecule has 0 bridgehead atoms. The minimum atomic E-state index is -2.67. The van der Waals surface area contributed by atoms with Gasteiger partial charge in [0.05, 0.1) is 30.8 Å². The molecule has 2 aromatic rings. The first-order valence-electron chi connectivity index (χ1n) is 14.0. The fraction of sp³-hybridized carbons (Fsp3) is 0.464. The molecule has 2 amide bonds. The van der Waals surface area contributed by atoms with Gasteiger partial charge in [0.25, 0.3) is 5.91 Å². The number of carbonyl (C=O) groups is 4. The number of rotatable bonds is 9. The highest BCUT2D eigenvalue weighted by Gasteiger charge is 2.77. The Morgan fingerprint density at radius 1 is 1.02 bits per heavy atom. The lowest BCUT2D eigenvalue weighted by molar-refractivity contribution is -0.846. The van der Waals surface area contributed by atoms with E-state index in [1.165, 1.54) is 13.0 Å². The number of aliphatic hydroxyl groups excluding tert-OH is 1. The lowest BCUT2D eigenvalue weighted by Crippen LogP contribution is -2.78. The normalized spacial score (nSPS) is 28.7.